The van der Waals surface area contributed by atoms with E-state index in [9.17, 15) is 10.2 Å². The molecule has 24 heavy (non-hydrogen) atoms. The number of rotatable bonds is 6. The highest BCUT2D eigenvalue weighted by Gasteiger charge is 2.22. The smallest absolute Gasteiger partial charge is 0.131 e. The Labute approximate surface area is 142 Å². The van der Waals surface area contributed by atoms with Crippen molar-refractivity contribution in [1.82, 2.24) is 0 Å². The summed E-state index contributed by atoms with van der Waals surface area (Å²) >= 11 is 0. The SMILES string of the molecule is CC(O)COc1c2c(c(OCC(C)O)c3ccccc13)CC=CC2. The topological polar surface area (TPSA) is 58.9 Å². The summed E-state index contributed by atoms with van der Waals surface area (Å²) in [6, 6.07) is 7.98. The van der Waals surface area contributed by atoms with E-state index in [1.165, 1.54) is 0 Å². The molecule has 2 N–H and O–H groups in total. The van der Waals surface area contributed by atoms with E-state index in [0.29, 0.717) is 0 Å². The van der Waals surface area contributed by atoms with Crippen LogP contribution in [0.2, 0.25) is 0 Å². The van der Waals surface area contributed by atoms with Gasteiger partial charge in [-0.15, -0.1) is 0 Å². The van der Waals surface area contributed by atoms with Crippen molar-refractivity contribution in [3.63, 3.8) is 0 Å². The molecule has 1 aliphatic rings. The molecular formula is C20H24O4. The van der Waals surface area contributed by atoms with Gasteiger partial charge in [-0.2, -0.15) is 0 Å². The molecule has 2 atom stereocenters. The highest BCUT2D eigenvalue weighted by Crippen LogP contribution is 2.43. The summed E-state index contributed by atoms with van der Waals surface area (Å²) in [5, 5.41) is 21.2. The average Bonchev–Trinajstić information content (AvgIpc) is 2.57. The number of hydrogen-bond acceptors (Lipinski definition) is 4. The van der Waals surface area contributed by atoms with Crippen LogP contribution >= 0.6 is 0 Å². The van der Waals surface area contributed by atoms with Gasteiger partial charge in [0.25, 0.3) is 0 Å². The molecule has 4 heteroatoms. The fourth-order valence-electron chi connectivity index (χ4n) is 3.05. The molecular weight excluding hydrogens is 304 g/mol. The summed E-state index contributed by atoms with van der Waals surface area (Å²) in [6.07, 6.45) is 4.77. The number of ether oxygens (including phenoxy) is 2. The van der Waals surface area contributed by atoms with Gasteiger partial charge in [-0.1, -0.05) is 36.4 Å². The van der Waals surface area contributed by atoms with Crippen LogP contribution in [0.5, 0.6) is 11.5 Å². The lowest BCUT2D eigenvalue weighted by molar-refractivity contribution is 0.121. The Morgan fingerprint density at radius 2 is 1.25 bits per heavy atom. The fourth-order valence-corrected chi connectivity index (χ4v) is 3.05. The van der Waals surface area contributed by atoms with Gasteiger partial charge in [0, 0.05) is 21.9 Å². The minimum atomic E-state index is -0.523. The molecule has 0 aromatic heterocycles. The molecule has 0 heterocycles. The zero-order valence-electron chi connectivity index (χ0n) is 14.2. The van der Waals surface area contributed by atoms with Crippen molar-refractivity contribution in [2.45, 2.75) is 38.9 Å². The Balaban J connectivity index is 2.15. The van der Waals surface area contributed by atoms with Crippen molar-refractivity contribution >= 4 is 10.8 Å². The van der Waals surface area contributed by atoms with E-state index < -0.39 is 12.2 Å². The van der Waals surface area contributed by atoms with Gasteiger partial charge in [0.2, 0.25) is 0 Å². The van der Waals surface area contributed by atoms with Gasteiger partial charge < -0.3 is 19.7 Å². The largest absolute Gasteiger partial charge is 0.490 e. The second kappa shape index (κ2) is 7.24. The molecule has 0 saturated carbocycles. The van der Waals surface area contributed by atoms with E-state index in [4.69, 9.17) is 9.47 Å². The first-order valence-electron chi connectivity index (χ1n) is 8.41. The molecule has 4 nitrogen and oxygen atoms in total. The summed E-state index contributed by atoms with van der Waals surface area (Å²) in [5.74, 6) is 1.66. The van der Waals surface area contributed by atoms with E-state index >= 15 is 0 Å². The number of allylic oxidation sites excluding steroid dienone is 2. The second-order valence-corrected chi connectivity index (χ2v) is 6.36. The number of aliphatic hydroxyl groups is 2. The summed E-state index contributed by atoms with van der Waals surface area (Å²) in [7, 11) is 0. The van der Waals surface area contributed by atoms with Gasteiger partial charge in [0.1, 0.15) is 24.7 Å². The van der Waals surface area contributed by atoms with Crippen molar-refractivity contribution in [2.24, 2.45) is 0 Å². The maximum Gasteiger partial charge on any atom is 0.131 e. The molecule has 3 rings (SSSR count). The summed E-state index contributed by atoms with van der Waals surface area (Å²) in [6.45, 7) is 3.95. The van der Waals surface area contributed by atoms with Crippen LogP contribution in [0.25, 0.3) is 10.8 Å². The lowest BCUT2D eigenvalue weighted by Crippen LogP contribution is -2.17. The van der Waals surface area contributed by atoms with Crippen molar-refractivity contribution in [2.75, 3.05) is 13.2 Å². The van der Waals surface area contributed by atoms with Crippen LogP contribution in [0.3, 0.4) is 0 Å². The molecule has 0 amide bonds. The minimum Gasteiger partial charge on any atom is -0.490 e. The molecule has 2 unspecified atom stereocenters. The lowest BCUT2D eigenvalue weighted by atomic mass is 9.90. The quantitative estimate of drug-likeness (QED) is 0.800. The second-order valence-electron chi connectivity index (χ2n) is 6.36. The van der Waals surface area contributed by atoms with Gasteiger partial charge in [-0.25, -0.2) is 0 Å². The number of hydrogen-bond donors (Lipinski definition) is 2. The van der Waals surface area contributed by atoms with Gasteiger partial charge >= 0.3 is 0 Å². The van der Waals surface area contributed by atoms with Crippen LogP contribution in [-0.4, -0.2) is 35.6 Å². The molecule has 0 fully saturated rings. The first-order chi connectivity index (χ1) is 11.6. The minimum absolute atomic E-state index is 0.258. The Bertz CT molecular complexity index is 684. The van der Waals surface area contributed by atoms with Gasteiger partial charge in [0.15, 0.2) is 0 Å². The normalized spacial score (nSPS) is 15.8. The van der Waals surface area contributed by atoms with Crippen molar-refractivity contribution in [1.29, 1.82) is 0 Å². The standard InChI is InChI=1S/C20H24O4/c1-13(21)11-23-19-15-7-3-5-9-17(15)20(24-12-14(2)22)18-10-6-4-8-16(18)19/h3-7,9,13-14,21-22H,8,10-12H2,1-2H3. The molecule has 0 bridgehead atoms. The molecule has 0 saturated heterocycles. The van der Waals surface area contributed by atoms with Crippen LogP contribution < -0.4 is 9.47 Å². The van der Waals surface area contributed by atoms with Crippen LogP contribution in [0, 0.1) is 0 Å². The Morgan fingerprint density at radius 1 is 0.833 bits per heavy atom. The lowest BCUT2D eigenvalue weighted by Gasteiger charge is -2.24. The Hall–Kier alpha value is -2.04. The number of fused-ring (bicyclic) bond motifs is 2. The van der Waals surface area contributed by atoms with Crippen molar-refractivity contribution in [3.05, 3.63) is 47.5 Å². The van der Waals surface area contributed by atoms with E-state index in [2.05, 4.69) is 12.2 Å². The third-order valence-corrected chi connectivity index (χ3v) is 4.08. The third-order valence-electron chi connectivity index (χ3n) is 4.08. The Kier molecular flexibility index (Phi) is 5.07. The fraction of sp³-hybridized carbons (Fsp3) is 0.400. The number of aliphatic hydroxyl groups excluding tert-OH is 2. The molecule has 1 aliphatic carbocycles. The highest BCUT2D eigenvalue weighted by atomic mass is 16.5. The van der Waals surface area contributed by atoms with Gasteiger partial charge in [-0.3, -0.25) is 0 Å². The van der Waals surface area contributed by atoms with E-state index in [0.717, 1.165) is 46.2 Å². The molecule has 2 aromatic carbocycles. The van der Waals surface area contributed by atoms with Crippen LogP contribution in [0.4, 0.5) is 0 Å². The third kappa shape index (κ3) is 3.40. The first-order valence-corrected chi connectivity index (χ1v) is 8.41. The van der Waals surface area contributed by atoms with Gasteiger partial charge in [-0.05, 0) is 26.7 Å². The Morgan fingerprint density at radius 3 is 1.62 bits per heavy atom. The van der Waals surface area contributed by atoms with E-state index in [1.54, 1.807) is 13.8 Å². The van der Waals surface area contributed by atoms with Crippen molar-refractivity contribution < 1.29 is 19.7 Å². The zero-order valence-corrected chi connectivity index (χ0v) is 14.2. The maximum absolute atomic E-state index is 9.60. The summed E-state index contributed by atoms with van der Waals surface area (Å²) in [5.41, 5.74) is 2.22. The predicted molar refractivity (Wildman–Crippen MR) is 94.8 cm³/mol. The zero-order chi connectivity index (χ0) is 17.1. The van der Waals surface area contributed by atoms with Crippen LogP contribution in [-0.2, 0) is 12.8 Å². The molecule has 2 aromatic rings. The predicted octanol–water partition coefficient (Wildman–Crippen LogP) is 3.01. The summed E-state index contributed by atoms with van der Waals surface area (Å²) in [4.78, 5) is 0. The van der Waals surface area contributed by atoms with E-state index in [1.807, 2.05) is 24.3 Å². The molecule has 0 radical (unpaired) electrons. The van der Waals surface area contributed by atoms with Gasteiger partial charge in [0.05, 0.1) is 12.2 Å². The molecule has 0 aliphatic heterocycles. The number of benzene rings is 2. The highest BCUT2D eigenvalue weighted by molar-refractivity contribution is 5.96. The average molecular weight is 328 g/mol. The van der Waals surface area contributed by atoms with Crippen LogP contribution in [0.15, 0.2) is 36.4 Å². The van der Waals surface area contributed by atoms with Crippen LogP contribution in [0.1, 0.15) is 25.0 Å². The monoisotopic (exact) mass is 328 g/mol. The molecule has 128 valence electrons. The van der Waals surface area contributed by atoms with Crippen molar-refractivity contribution in [3.8, 4) is 11.5 Å². The summed E-state index contributed by atoms with van der Waals surface area (Å²) < 4.78 is 11.9. The molecule has 0 spiro atoms. The maximum atomic E-state index is 9.60. The van der Waals surface area contributed by atoms with E-state index in [-0.39, 0.29) is 13.2 Å². The first kappa shape index (κ1) is 16.8.